The maximum atomic E-state index is 12.5. The normalized spacial score (nSPS) is 31.3. The smallest absolute Gasteiger partial charge is 0.282 e. The number of para-hydroxylation sites is 1. The lowest BCUT2D eigenvalue weighted by Crippen LogP contribution is -2.62. The molecule has 0 amide bonds. The summed E-state index contributed by atoms with van der Waals surface area (Å²) in [6, 6.07) is 15.9. The fourth-order valence-electron chi connectivity index (χ4n) is 7.47. The molecule has 0 saturated carbocycles. The van der Waals surface area contributed by atoms with E-state index in [2.05, 4.69) is 29.5 Å². The zero-order chi connectivity index (χ0) is 23.8. The molecule has 3 aromatic rings. The van der Waals surface area contributed by atoms with E-state index >= 15 is 0 Å². The van der Waals surface area contributed by atoms with Gasteiger partial charge in [0.1, 0.15) is 24.6 Å². The van der Waals surface area contributed by atoms with Crippen molar-refractivity contribution in [1.29, 1.82) is 0 Å². The third-order valence-corrected chi connectivity index (χ3v) is 8.92. The van der Waals surface area contributed by atoms with Gasteiger partial charge in [-0.1, -0.05) is 53.7 Å². The second kappa shape index (κ2) is 7.15. The van der Waals surface area contributed by atoms with Gasteiger partial charge in [-0.25, -0.2) is 0 Å². The number of phenolic OH excluding ortho intramolecular Hbond substituents is 1. The predicted molar refractivity (Wildman–Crippen MR) is 130 cm³/mol. The van der Waals surface area contributed by atoms with Gasteiger partial charge < -0.3 is 19.4 Å². The highest BCUT2D eigenvalue weighted by Crippen LogP contribution is 2.64. The van der Waals surface area contributed by atoms with Crippen LogP contribution in [0.3, 0.4) is 0 Å². The summed E-state index contributed by atoms with van der Waals surface area (Å²) < 4.78 is 6.61. The van der Waals surface area contributed by atoms with Gasteiger partial charge in [-0.3, -0.25) is 4.79 Å². The van der Waals surface area contributed by atoms with E-state index in [0.717, 1.165) is 64.8 Å². The SMILES string of the molecule is C/C=C1/C[N@+]2(Cc3nc(-c4ccccc4)no3)CC[C@]34C(=C(C=O)[C@H]1C[C@@H]32)Nc1c(O)cccc14. The Labute approximate surface area is 203 Å². The first kappa shape index (κ1) is 20.6. The van der Waals surface area contributed by atoms with Crippen LogP contribution in [-0.2, 0) is 16.8 Å². The van der Waals surface area contributed by atoms with Crippen molar-refractivity contribution < 1.29 is 18.9 Å². The highest BCUT2D eigenvalue weighted by Gasteiger charge is 2.69. The summed E-state index contributed by atoms with van der Waals surface area (Å²) in [6.45, 7) is 4.51. The molecule has 7 nitrogen and oxygen atoms in total. The van der Waals surface area contributed by atoms with E-state index in [1.807, 2.05) is 36.4 Å². The number of piperidine rings is 1. The number of carbonyl (C=O) groups is 1. The second-order valence-corrected chi connectivity index (χ2v) is 10.3. The van der Waals surface area contributed by atoms with Crippen molar-refractivity contribution in [1.82, 2.24) is 10.1 Å². The maximum absolute atomic E-state index is 12.5. The summed E-state index contributed by atoms with van der Waals surface area (Å²) in [4.78, 5) is 17.2. The van der Waals surface area contributed by atoms with E-state index < -0.39 is 0 Å². The van der Waals surface area contributed by atoms with E-state index in [0.29, 0.717) is 18.3 Å². The molecular formula is C28H27N4O3+. The molecular weight excluding hydrogens is 440 g/mol. The number of anilines is 1. The number of hydrogen-bond donors (Lipinski definition) is 2. The Balaban J connectivity index is 1.37. The lowest BCUT2D eigenvalue weighted by atomic mass is 9.61. The molecule has 4 atom stereocenters. The molecule has 2 N–H and O–H groups in total. The lowest BCUT2D eigenvalue weighted by molar-refractivity contribution is -0.955. The quantitative estimate of drug-likeness (QED) is 0.257. The highest BCUT2D eigenvalue weighted by atomic mass is 16.5. The van der Waals surface area contributed by atoms with Gasteiger partial charge in [0.2, 0.25) is 5.82 Å². The van der Waals surface area contributed by atoms with E-state index in [9.17, 15) is 9.90 Å². The van der Waals surface area contributed by atoms with Crippen molar-refractivity contribution in [3.05, 3.63) is 82.9 Å². The average Bonchev–Trinajstić information content (AvgIpc) is 3.58. The number of allylic oxidation sites excluding steroid dienone is 2. The summed E-state index contributed by atoms with van der Waals surface area (Å²) in [5.74, 6) is 1.59. The molecule has 4 heterocycles. The zero-order valence-corrected chi connectivity index (χ0v) is 19.6. The number of aldehydes is 1. The van der Waals surface area contributed by atoms with E-state index in [-0.39, 0.29) is 23.1 Å². The zero-order valence-electron chi connectivity index (χ0n) is 19.6. The monoisotopic (exact) mass is 467 g/mol. The molecule has 176 valence electrons. The van der Waals surface area contributed by atoms with Crippen LogP contribution in [0.1, 0.15) is 31.2 Å². The number of rotatable bonds is 4. The Bertz CT molecular complexity index is 1420. The number of carbonyl (C=O) groups excluding carboxylic acids is 1. The van der Waals surface area contributed by atoms with Crippen LogP contribution in [0.4, 0.5) is 5.69 Å². The second-order valence-electron chi connectivity index (χ2n) is 10.3. The highest BCUT2D eigenvalue weighted by molar-refractivity contribution is 5.86. The van der Waals surface area contributed by atoms with Gasteiger partial charge in [0, 0.05) is 35.6 Å². The molecule has 2 bridgehead atoms. The number of nitrogens with zero attached hydrogens (tertiary/aromatic N) is 3. The molecule has 7 rings (SSSR count). The number of nitrogens with one attached hydrogen (secondary N) is 1. The summed E-state index contributed by atoms with van der Waals surface area (Å²) >= 11 is 0. The van der Waals surface area contributed by atoms with Gasteiger partial charge in [0.15, 0.2) is 6.54 Å². The van der Waals surface area contributed by atoms with Crippen LogP contribution >= 0.6 is 0 Å². The largest absolute Gasteiger partial charge is 0.506 e. The van der Waals surface area contributed by atoms with Gasteiger partial charge in [0.25, 0.3) is 5.89 Å². The van der Waals surface area contributed by atoms with Crippen LogP contribution in [0, 0.1) is 5.92 Å². The Morgan fingerprint density at radius 3 is 2.89 bits per heavy atom. The molecule has 0 radical (unpaired) electrons. The van der Waals surface area contributed by atoms with Gasteiger partial charge in [-0.2, -0.15) is 4.98 Å². The molecule has 1 aliphatic carbocycles. The van der Waals surface area contributed by atoms with E-state index in [1.165, 1.54) is 5.57 Å². The van der Waals surface area contributed by atoms with Crippen molar-refractivity contribution in [3.8, 4) is 17.1 Å². The Kier molecular flexibility index (Phi) is 4.22. The van der Waals surface area contributed by atoms with Gasteiger partial charge in [0.05, 0.1) is 17.6 Å². The molecule has 1 spiro atoms. The summed E-state index contributed by atoms with van der Waals surface area (Å²) in [6.07, 6.45) is 5.02. The number of aromatic nitrogens is 2. The molecule has 35 heavy (non-hydrogen) atoms. The Morgan fingerprint density at radius 2 is 2.09 bits per heavy atom. The Morgan fingerprint density at radius 1 is 1.23 bits per heavy atom. The topological polar surface area (TPSA) is 88.2 Å². The Hall–Kier alpha value is -3.71. The molecule has 2 saturated heterocycles. The van der Waals surface area contributed by atoms with Crippen molar-refractivity contribution >= 4 is 12.0 Å². The minimum atomic E-state index is -0.317. The van der Waals surface area contributed by atoms with E-state index in [4.69, 9.17) is 9.51 Å². The van der Waals surface area contributed by atoms with E-state index in [1.54, 1.807) is 6.07 Å². The van der Waals surface area contributed by atoms with Crippen LogP contribution in [-0.4, -0.2) is 45.1 Å². The number of hydrogen-bond acceptors (Lipinski definition) is 6. The number of benzene rings is 2. The number of fused-ring (bicyclic) bond motifs is 2. The number of phenols is 1. The molecule has 2 fully saturated rings. The first-order valence-electron chi connectivity index (χ1n) is 12.3. The summed E-state index contributed by atoms with van der Waals surface area (Å²) in [5.41, 5.74) is 5.60. The van der Waals surface area contributed by atoms with Crippen LogP contribution in [0.5, 0.6) is 5.75 Å². The molecule has 0 unspecified atom stereocenters. The van der Waals surface area contributed by atoms with Gasteiger partial charge in [-0.05, 0) is 24.1 Å². The number of quaternary nitrogens is 1. The van der Waals surface area contributed by atoms with Crippen LogP contribution in [0.2, 0.25) is 0 Å². The van der Waals surface area contributed by atoms with Crippen molar-refractivity contribution in [2.45, 2.75) is 37.8 Å². The van der Waals surface area contributed by atoms with Crippen LogP contribution < -0.4 is 5.32 Å². The molecule has 2 aromatic carbocycles. The van der Waals surface area contributed by atoms with Crippen molar-refractivity contribution in [2.75, 3.05) is 18.4 Å². The first-order chi connectivity index (χ1) is 17.1. The minimum Gasteiger partial charge on any atom is -0.506 e. The number of aromatic hydroxyl groups is 1. The fraction of sp³-hybridized carbons (Fsp3) is 0.321. The first-order valence-corrected chi connectivity index (χ1v) is 12.3. The fourth-order valence-corrected chi connectivity index (χ4v) is 7.47. The van der Waals surface area contributed by atoms with Crippen molar-refractivity contribution in [3.63, 3.8) is 0 Å². The lowest BCUT2D eigenvalue weighted by Gasteiger charge is -2.52. The summed E-state index contributed by atoms with van der Waals surface area (Å²) in [7, 11) is 0. The predicted octanol–water partition coefficient (Wildman–Crippen LogP) is 4.33. The molecule has 4 aliphatic rings. The van der Waals surface area contributed by atoms with Crippen LogP contribution in [0.25, 0.3) is 11.4 Å². The van der Waals surface area contributed by atoms with Gasteiger partial charge >= 0.3 is 0 Å². The van der Waals surface area contributed by atoms with Gasteiger partial charge in [-0.15, -0.1) is 0 Å². The minimum absolute atomic E-state index is 0.0986. The third kappa shape index (κ3) is 2.61. The van der Waals surface area contributed by atoms with Crippen LogP contribution in [0.15, 0.2) is 76.0 Å². The molecule has 3 aliphatic heterocycles. The standard InChI is InChI=1S/C28H26N4O3/c1-2-17-14-32(15-24-29-27(31-35-24)18-7-4-3-5-8-18)12-11-28-21-9-6-10-22(34)25(21)30-26(28)20(16-33)19(17)13-23(28)32/h2-10,16,19,23H,11-15H2,1H3,(H-,30,33,34)/p+1/b17-2-/t19-,23-,28+,32-/m0/s1. The molecule has 1 aromatic heterocycles. The molecule has 7 heteroatoms. The average molecular weight is 468 g/mol. The maximum Gasteiger partial charge on any atom is 0.282 e. The van der Waals surface area contributed by atoms with Crippen molar-refractivity contribution in [2.24, 2.45) is 5.92 Å². The third-order valence-electron chi connectivity index (χ3n) is 8.92. The summed E-state index contributed by atoms with van der Waals surface area (Å²) in [5, 5.41) is 18.5.